The number of nitrogens with zero attached hydrogens (tertiary/aromatic N) is 2. The first-order chi connectivity index (χ1) is 32.2. The number of halogens is 1. The molecule has 4 aliphatic heterocycles. The van der Waals surface area contributed by atoms with Crippen LogP contribution in [0.5, 0.6) is 0 Å². The molecular formula is C55H71BrN6O5S2. The van der Waals surface area contributed by atoms with E-state index in [1.54, 1.807) is 0 Å². The average molecular weight is 1040 g/mol. The molecule has 14 heteroatoms. The number of nitrogens with two attached hydrogens (primary N) is 1. The topological polar surface area (TPSA) is 138 Å². The Labute approximate surface area is 425 Å². The number of nitrogen functional groups attached to an aromatic ring is 1. The summed E-state index contributed by atoms with van der Waals surface area (Å²) >= 11 is 6.39. The van der Waals surface area contributed by atoms with Gasteiger partial charge in [-0.1, -0.05) is 79.3 Å². The summed E-state index contributed by atoms with van der Waals surface area (Å²) in [6, 6.07) is 32.2. The summed E-state index contributed by atoms with van der Waals surface area (Å²) < 4.78 is 13.6. The molecule has 2 aromatic heterocycles. The fourth-order valence-corrected chi connectivity index (χ4v) is 12.0. The fourth-order valence-electron chi connectivity index (χ4n) is 9.54. The van der Waals surface area contributed by atoms with Gasteiger partial charge in [-0.25, -0.2) is 9.59 Å². The Kier molecular flexibility index (Phi) is 18.0. The van der Waals surface area contributed by atoms with Crippen molar-refractivity contribution in [2.75, 3.05) is 74.9 Å². The minimum atomic E-state index is -0.388. The number of hydrogen-bond donors (Lipinski definition) is 4. The van der Waals surface area contributed by atoms with Crippen LogP contribution >= 0.6 is 38.6 Å². The van der Waals surface area contributed by atoms with Crippen LogP contribution in [0.3, 0.4) is 0 Å². The van der Waals surface area contributed by atoms with Crippen LogP contribution in [0.1, 0.15) is 100 Å². The maximum absolute atomic E-state index is 13.1. The molecule has 2 spiro atoms. The van der Waals surface area contributed by atoms with Crippen LogP contribution in [-0.2, 0) is 9.47 Å². The predicted octanol–water partition coefficient (Wildman–Crippen LogP) is 13.1. The molecule has 69 heavy (non-hydrogen) atoms. The predicted molar refractivity (Wildman–Crippen MR) is 293 cm³/mol. The molecule has 4 fully saturated rings. The second-order valence-electron chi connectivity index (χ2n) is 19.3. The van der Waals surface area contributed by atoms with E-state index in [1.165, 1.54) is 67.0 Å². The van der Waals surface area contributed by atoms with Crippen molar-refractivity contribution in [3.05, 3.63) is 111 Å². The highest BCUT2D eigenvalue weighted by molar-refractivity contribution is 9.10. The monoisotopic (exact) mass is 1040 g/mol. The first kappa shape index (κ1) is 53.4. The molecule has 4 aliphatic rings. The normalized spacial score (nSPS) is 16.9. The SMILES string of the molecule is C.C.CC(C)(C)OC(=O)N1CCC2(CCNCC2)C1.CCOC(=O)c1cc2ccc(Br)cc2s1.Nc1ccc(-c2ccccc2)cc1NC(=O)c1cc2ccc(N3CCC4(CCNC4)CC3)cc2s1. The number of benzene rings is 4. The summed E-state index contributed by atoms with van der Waals surface area (Å²) in [5.41, 5.74) is 11.2. The van der Waals surface area contributed by atoms with Gasteiger partial charge in [0, 0.05) is 52.3 Å². The van der Waals surface area contributed by atoms with E-state index in [4.69, 9.17) is 15.2 Å². The fraction of sp³-hybridized carbons (Fsp3) is 0.436. The van der Waals surface area contributed by atoms with Crippen molar-refractivity contribution in [1.82, 2.24) is 15.5 Å². The third-order valence-electron chi connectivity index (χ3n) is 13.4. The first-order valence-electron chi connectivity index (χ1n) is 23.5. The van der Waals surface area contributed by atoms with Gasteiger partial charge in [0.05, 0.1) is 22.9 Å². The number of likely N-dealkylation sites (tertiary alicyclic amines) is 1. The molecular weight excluding hydrogens is 969 g/mol. The van der Waals surface area contributed by atoms with Crippen LogP contribution in [0.15, 0.2) is 102 Å². The summed E-state index contributed by atoms with van der Waals surface area (Å²) in [7, 11) is 0. The molecule has 370 valence electrons. The Morgan fingerprint density at radius 3 is 2.06 bits per heavy atom. The van der Waals surface area contributed by atoms with E-state index < -0.39 is 0 Å². The standard InChI is InChI=1S/C29H30N4OS.C13H24N2O2.C11H9BrO2S.2CH4/c30-24-9-7-21(20-4-2-1-3-5-20)16-25(24)32-28(34)27-17-22-6-8-23(18-26(22)35-27)33-14-11-29(12-15-33)10-13-31-19-29;1-12(2,3)17-11(16)15-9-6-13(10-15)4-7-14-8-5-13;1-2-14-11(13)10-5-7-3-4-8(12)6-9(7)15-10;;/h1-9,16-18,31H,10-15,19,30H2,(H,32,34);14H,4-10H2,1-3H3;3-6H,2H2,1H3;2*1H4. The summed E-state index contributed by atoms with van der Waals surface area (Å²) in [6.45, 7) is 16.4. The molecule has 5 N–H and O–H groups in total. The number of piperidine rings is 2. The number of carbonyl (C=O) groups is 3. The molecule has 0 aliphatic carbocycles. The highest BCUT2D eigenvalue weighted by Gasteiger charge is 2.42. The zero-order chi connectivity index (χ0) is 47.2. The molecule has 0 atom stereocenters. The quantitative estimate of drug-likeness (QED) is 0.0949. The summed E-state index contributed by atoms with van der Waals surface area (Å²) in [5, 5.41) is 12.1. The van der Waals surface area contributed by atoms with Crippen LogP contribution in [0, 0.1) is 10.8 Å². The van der Waals surface area contributed by atoms with E-state index in [0.717, 1.165) is 88.0 Å². The van der Waals surface area contributed by atoms with Crippen LogP contribution in [0.4, 0.5) is 21.9 Å². The zero-order valence-corrected chi connectivity index (χ0v) is 42.3. The van der Waals surface area contributed by atoms with Gasteiger partial charge < -0.3 is 41.0 Å². The number of nitrogens with one attached hydrogen (secondary N) is 3. The number of esters is 1. The van der Waals surface area contributed by atoms with E-state index in [9.17, 15) is 14.4 Å². The molecule has 0 bridgehead atoms. The minimum Gasteiger partial charge on any atom is -0.462 e. The Hall–Kier alpha value is -4.99. The minimum absolute atomic E-state index is 0. The van der Waals surface area contributed by atoms with Crippen molar-refractivity contribution in [3.8, 4) is 11.1 Å². The van der Waals surface area contributed by atoms with Crippen molar-refractivity contribution in [2.45, 2.75) is 86.7 Å². The summed E-state index contributed by atoms with van der Waals surface area (Å²) in [5.74, 6) is -0.367. The molecule has 0 saturated carbocycles. The number of carbonyl (C=O) groups excluding carboxylic acids is 3. The van der Waals surface area contributed by atoms with Gasteiger partial charge in [-0.2, -0.15) is 0 Å². The molecule has 0 radical (unpaired) electrons. The van der Waals surface area contributed by atoms with Crippen molar-refractivity contribution in [3.63, 3.8) is 0 Å². The summed E-state index contributed by atoms with van der Waals surface area (Å²) in [6.07, 6.45) is 7.17. The van der Waals surface area contributed by atoms with E-state index in [2.05, 4.69) is 55.0 Å². The van der Waals surface area contributed by atoms with Crippen molar-refractivity contribution >= 4 is 93.8 Å². The number of fused-ring (bicyclic) bond motifs is 2. The van der Waals surface area contributed by atoms with Crippen molar-refractivity contribution in [1.29, 1.82) is 0 Å². The van der Waals surface area contributed by atoms with Crippen LogP contribution in [-0.4, -0.2) is 87.4 Å². The number of rotatable bonds is 6. The lowest BCUT2D eigenvalue weighted by Gasteiger charge is -2.40. The number of ether oxygens (including phenoxy) is 2. The lowest BCUT2D eigenvalue weighted by atomic mass is 9.78. The lowest BCUT2D eigenvalue weighted by Crippen LogP contribution is -2.41. The van der Waals surface area contributed by atoms with Gasteiger partial charge in [0.15, 0.2) is 0 Å². The van der Waals surface area contributed by atoms with Gasteiger partial charge in [-0.15, -0.1) is 22.7 Å². The highest BCUT2D eigenvalue weighted by atomic mass is 79.9. The maximum Gasteiger partial charge on any atom is 0.410 e. The Morgan fingerprint density at radius 1 is 0.739 bits per heavy atom. The van der Waals surface area contributed by atoms with Gasteiger partial charge in [0.1, 0.15) is 10.5 Å². The van der Waals surface area contributed by atoms with E-state index in [0.29, 0.717) is 38.6 Å². The largest absolute Gasteiger partial charge is 0.462 e. The average Bonchev–Trinajstić information content (AvgIpc) is 4.14. The second kappa shape index (κ2) is 23.3. The van der Waals surface area contributed by atoms with Crippen LogP contribution < -0.4 is 26.6 Å². The lowest BCUT2D eigenvalue weighted by molar-refractivity contribution is 0.0264. The zero-order valence-electron chi connectivity index (χ0n) is 39.1. The van der Waals surface area contributed by atoms with Gasteiger partial charge >= 0.3 is 12.1 Å². The molecule has 10 rings (SSSR count). The third-order valence-corrected chi connectivity index (χ3v) is 16.0. The third kappa shape index (κ3) is 13.5. The maximum atomic E-state index is 13.1. The number of anilines is 3. The highest BCUT2D eigenvalue weighted by Crippen LogP contribution is 2.41. The second-order valence-corrected chi connectivity index (χ2v) is 22.4. The van der Waals surface area contributed by atoms with Crippen LogP contribution in [0.25, 0.3) is 31.3 Å². The van der Waals surface area contributed by atoms with Crippen molar-refractivity contribution < 1.29 is 23.9 Å². The molecule has 6 aromatic rings. The van der Waals surface area contributed by atoms with E-state index in [1.807, 2.05) is 111 Å². The van der Waals surface area contributed by atoms with E-state index >= 15 is 0 Å². The molecule has 6 heterocycles. The molecule has 11 nitrogen and oxygen atoms in total. The van der Waals surface area contributed by atoms with Gasteiger partial charge in [0.2, 0.25) is 0 Å². The number of amides is 2. The molecule has 4 aromatic carbocycles. The van der Waals surface area contributed by atoms with Gasteiger partial charge in [0.25, 0.3) is 5.91 Å². The number of thiophene rings is 2. The van der Waals surface area contributed by atoms with Crippen molar-refractivity contribution in [2.24, 2.45) is 10.8 Å². The van der Waals surface area contributed by atoms with Gasteiger partial charge in [-0.3, -0.25) is 4.79 Å². The Bertz CT molecular complexity index is 2680. The summed E-state index contributed by atoms with van der Waals surface area (Å²) in [4.78, 5) is 42.3. The first-order valence-corrected chi connectivity index (χ1v) is 25.9. The number of hydrogen-bond acceptors (Lipinski definition) is 11. The smallest absolute Gasteiger partial charge is 0.410 e. The molecule has 2 amide bonds. The Morgan fingerprint density at radius 2 is 1.38 bits per heavy atom. The van der Waals surface area contributed by atoms with E-state index in [-0.39, 0.29) is 38.4 Å². The van der Waals surface area contributed by atoms with Crippen LogP contribution in [0.2, 0.25) is 0 Å². The van der Waals surface area contributed by atoms with Gasteiger partial charge in [-0.05, 0) is 167 Å². The molecule has 4 saturated heterocycles. The molecule has 0 unspecified atom stereocenters. The Balaban J connectivity index is 0.000000192.